The van der Waals surface area contributed by atoms with Gasteiger partial charge in [0.15, 0.2) is 11.4 Å². The minimum atomic E-state index is 0.635. The molecule has 0 unspecified atom stereocenters. The molecule has 0 aliphatic rings. The molecule has 0 bridgehead atoms. The van der Waals surface area contributed by atoms with Crippen LogP contribution in [0.15, 0.2) is 142 Å². The molecule has 0 aliphatic carbocycles. The Balaban J connectivity index is 1.40. The lowest BCUT2D eigenvalue weighted by Gasteiger charge is -2.09. The average Bonchev–Trinajstić information content (AvgIpc) is 3.63. The summed E-state index contributed by atoms with van der Waals surface area (Å²) in [6.07, 6.45) is 0. The normalized spacial score (nSPS) is 11.8. The fourth-order valence-corrected chi connectivity index (χ4v) is 6.19. The lowest BCUT2D eigenvalue weighted by atomic mass is 9.94. The highest BCUT2D eigenvalue weighted by atomic mass is 16.3. The number of fused-ring (bicyclic) bond motifs is 8. The van der Waals surface area contributed by atoms with E-state index in [1.54, 1.807) is 0 Å². The van der Waals surface area contributed by atoms with E-state index in [1.165, 1.54) is 5.56 Å². The second kappa shape index (κ2) is 8.88. The molecule has 0 saturated carbocycles. The summed E-state index contributed by atoms with van der Waals surface area (Å²) >= 11 is 0. The predicted octanol–water partition coefficient (Wildman–Crippen LogP) is 10.4. The lowest BCUT2D eigenvalue weighted by Crippen LogP contribution is -1.94. The number of aromatic nitrogens is 2. The van der Waals surface area contributed by atoms with E-state index in [2.05, 4.69) is 78.9 Å². The molecule has 0 radical (unpaired) electrons. The van der Waals surface area contributed by atoms with E-state index in [9.17, 15) is 0 Å². The summed E-state index contributed by atoms with van der Waals surface area (Å²) in [6, 6.07) is 45.6. The summed E-state index contributed by atoms with van der Waals surface area (Å²) < 4.78 is 12.9. The van der Waals surface area contributed by atoms with Crippen LogP contribution >= 0.6 is 0 Å². The molecule has 0 aliphatic heterocycles. The van der Waals surface area contributed by atoms with Crippen LogP contribution in [0, 0.1) is 0 Å². The molecule has 3 aromatic heterocycles. The SMILES string of the molecule is c1ccc(-c2cc3c(oc4cccc(-c5nc(-c6ccccc6)c6oc7ccccc7c6n5)c43)c3ccccc23)cc1. The predicted molar refractivity (Wildman–Crippen MR) is 170 cm³/mol. The number of hydrogen-bond acceptors (Lipinski definition) is 4. The molecule has 196 valence electrons. The Morgan fingerprint density at radius 1 is 0.429 bits per heavy atom. The van der Waals surface area contributed by atoms with Gasteiger partial charge >= 0.3 is 0 Å². The molecule has 9 aromatic rings. The van der Waals surface area contributed by atoms with Gasteiger partial charge in [-0.3, -0.25) is 0 Å². The van der Waals surface area contributed by atoms with Gasteiger partial charge in [-0.25, -0.2) is 9.97 Å². The number of rotatable bonds is 3. The third-order valence-corrected chi connectivity index (χ3v) is 8.10. The van der Waals surface area contributed by atoms with Crippen molar-refractivity contribution in [3.63, 3.8) is 0 Å². The van der Waals surface area contributed by atoms with Crippen molar-refractivity contribution in [3.8, 4) is 33.8 Å². The topological polar surface area (TPSA) is 52.1 Å². The zero-order valence-corrected chi connectivity index (χ0v) is 22.4. The summed E-state index contributed by atoms with van der Waals surface area (Å²) in [5, 5.41) is 5.25. The highest BCUT2D eigenvalue weighted by Gasteiger charge is 2.22. The molecule has 42 heavy (non-hydrogen) atoms. The van der Waals surface area contributed by atoms with Gasteiger partial charge in [-0.1, -0.05) is 109 Å². The zero-order chi connectivity index (χ0) is 27.6. The molecule has 4 heteroatoms. The van der Waals surface area contributed by atoms with Crippen LogP contribution in [-0.2, 0) is 0 Å². The van der Waals surface area contributed by atoms with Gasteiger partial charge in [-0.2, -0.15) is 0 Å². The van der Waals surface area contributed by atoms with Gasteiger partial charge in [0.1, 0.15) is 28.0 Å². The minimum Gasteiger partial charge on any atom is -0.455 e. The first-order valence-electron chi connectivity index (χ1n) is 14.0. The second-order valence-corrected chi connectivity index (χ2v) is 10.5. The average molecular weight is 539 g/mol. The molecule has 0 spiro atoms. The van der Waals surface area contributed by atoms with Crippen LogP contribution in [0.1, 0.15) is 0 Å². The highest BCUT2D eigenvalue weighted by molar-refractivity contribution is 6.22. The van der Waals surface area contributed by atoms with Crippen LogP contribution < -0.4 is 0 Å². The van der Waals surface area contributed by atoms with E-state index >= 15 is 0 Å². The molecule has 0 fully saturated rings. The summed E-state index contributed by atoms with van der Waals surface area (Å²) in [7, 11) is 0. The third-order valence-electron chi connectivity index (χ3n) is 8.10. The van der Waals surface area contributed by atoms with Crippen molar-refractivity contribution >= 4 is 54.8 Å². The largest absolute Gasteiger partial charge is 0.455 e. The van der Waals surface area contributed by atoms with Crippen molar-refractivity contribution in [2.24, 2.45) is 0 Å². The Morgan fingerprint density at radius 2 is 1.07 bits per heavy atom. The molecule has 9 rings (SSSR count). The van der Waals surface area contributed by atoms with E-state index in [0.29, 0.717) is 11.4 Å². The van der Waals surface area contributed by atoms with Crippen molar-refractivity contribution in [2.75, 3.05) is 0 Å². The number of nitrogens with zero attached hydrogens (tertiary/aromatic N) is 2. The van der Waals surface area contributed by atoms with E-state index in [4.69, 9.17) is 18.8 Å². The maximum Gasteiger partial charge on any atom is 0.180 e. The first-order valence-corrected chi connectivity index (χ1v) is 14.0. The van der Waals surface area contributed by atoms with Crippen molar-refractivity contribution in [1.29, 1.82) is 0 Å². The Kier molecular flexibility index (Phi) is 4.87. The van der Waals surface area contributed by atoms with Gasteiger partial charge in [-0.15, -0.1) is 0 Å². The lowest BCUT2D eigenvalue weighted by molar-refractivity contribution is 0.667. The number of benzene rings is 6. The van der Waals surface area contributed by atoms with Crippen molar-refractivity contribution < 1.29 is 8.83 Å². The van der Waals surface area contributed by atoms with Gasteiger partial charge in [0.25, 0.3) is 0 Å². The van der Waals surface area contributed by atoms with Crippen LogP contribution in [0.25, 0.3) is 88.6 Å². The van der Waals surface area contributed by atoms with Crippen molar-refractivity contribution in [1.82, 2.24) is 9.97 Å². The maximum absolute atomic E-state index is 6.60. The van der Waals surface area contributed by atoms with Gasteiger partial charge in [-0.05, 0) is 40.8 Å². The summed E-state index contributed by atoms with van der Waals surface area (Å²) in [4.78, 5) is 10.3. The Labute approximate surface area is 240 Å². The minimum absolute atomic E-state index is 0.635. The van der Waals surface area contributed by atoms with Crippen LogP contribution in [0.2, 0.25) is 0 Å². The molecule has 6 aromatic carbocycles. The number of para-hydroxylation sites is 1. The highest BCUT2D eigenvalue weighted by Crippen LogP contribution is 2.43. The Morgan fingerprint density at radius 3 is 1.88 bits per heavy atom. The second-order valence-electron chi connectivity index (χ2n) is 10.5. The number of hydrogen-bond donors (Lipinski definition) is 0. The summed E-state index contributed by atoms with van der Waals surface area (Å²) in [5.74, 6) is 0.635. The standard InChI is InChI=1S/C38H22N2O2/c1-3-12-23(13-4-1)29-22-30-33-28(19-11-21-32(33)42-36(30)26-17-8-7-16-25(26)29)38-39-34(24-14-5-2-6-15-24)37-35(40-38)27-18-9-10-20-31(27)41-37/h1-22H. The van der Waals surface area contributed by atoms with Crippen molar-refractivity contribution in [3.05, 3.63) is 133 Å². The summed E-state index contributed by atoms with van der Waals surface area (Å²) in [5.41, 5.74) is 8.95. The van der Waals surface area contributed by atoms with Crippen LogP contribution in [0.5, 0.6) is 0 Å². The Hall–Kier alpha value is -5.74. The molecular weight excluding hydrogens is 516 g/mol. The summed E-state index contributed by atoms with van der Waals surface area (Å²) in [6.45, 7) is 0. The van der Waals surface area contributed by atoms with Crippen LogP contribution in [0.3, 0.4) is 0 Å². The van der Waals surface area contributed by atoms with E-state index in [1.807, 2.05) is 54.6 Å². The molecular formula is C38H22N2O2. The molecule has 0 amide bonds. The monoisotopic (exact) mass is 538 g/mol. The Bertz CT molecular complexity index is 2460. The van der Waals surface area contributed by atoms with E-state index < -0.39 is 0 Å². The molecule has 0 N–H and O–H groups in total. The molecule has 3 heterocycles. The fraction of sp³-hybridized carbons (Fsp3) is 0. The van der Waals surface area contributed by atoms with Crippen LogP contribution in [0.4, 0.5) is 0 Å². The molecule has 4 nitrogen and oxygen atoms in total. The number of furan rings is 2. The first kappa shape index (κ1) is 23.0. The van der Waals surface area contributed by atoms with Crippen LogP contribution in [-0.4, -0.2) is 9.97 Å². The van der Waals surface area contributed by atoms with Gasteiger partial charge < -0.3 is 8.83 Å². The maximum atomic E-state index is 6.60. The molecule has 0 saturated heterocycles. The molecule has 0 atom stereocenters. The zero-order valence-electron chi connectivity index (χ0n) is 22.4. The smallest absolute Gasteiger partial charge is 0.180 e. The van der Waals surface area contributed by atoms with Gasteiger partial charge in [0.05, 0.1) is 0 Å². The fourth-order valence-electron chi connectivity index (χ4n) is 6.19. The van der Waals surface area contributed by atoms with Gasteiger partial charge in [0, 0.05) is 32.7 Å². The quantitative estimate of drug-likeness (QED) is 0.224. The third kappa shape index (κ3) is 3.36. The van der Waals surface area contributed by atoms with E-state index in [0.717, 1.165) is 71.6 Å². The van der Waals surface area contributed by atoms with E-state index in [-0.39, 0.29) is 0 Å². The van der Waals surface area contributed by atoms with Gasteiger partial charge in [0.2, 0.25) is 0 Å². The first-order chi connectivity index (χ1) is 20.8. The van der Waals surface area contributed by atoms with Crippen molar-refractivity contribution in [2.45, 2.75) is 0 Å².